The summed E-state index contributed by atoms with van der Waals surface area (Å²) in [6, 6.07) is 0. The zero-order valence-corrected chi connectivity index (χ0v) is 21.9. The van der Waals surface area contributed by atoms with Crippen LogP contribution in [-0.4, -0.2) is 34.5 Å². The van der Waals surface area contributed by atoms with Crippen LogP contribution in [0.2, 0.25) is 0 Å². The standard InChI is InChI=1S/C26H44O5S/c1-15(2)20-10-8-17(5)12-22(20)30-25(28)14-24(32-19(7)27)26(29)31-23-13-18(6)9-11-21(23)16(3)4/h15-18,20-24H,8-14H2,1-7H3/t17-,18-,20+,21+,22-,23-,24+/m1/s1. The Hall–Kier alpha value is -1.04. The van der Waals surface area contributed by atoms with E-state index in [9.17, 15) is 14.4 Å². The molecule has 0 aliphatic heterocycles. The summed E-state index contributed by atoms with van der Waals surface area (Å²) in [5.74, 6) is 1.70. The maximum Gasteiger partial charge on any atom is 0.320 e. The fourth-order valence-corrected chi connectivity index (χ4v) is 6.24. The SMILES string of the molecule is CC(=O)S[C@@H](CC(=O)O[C@@H]1C[C@H](C)CC[C@H]1C(C)C)C(=O)O[C@@H]1C[C@H](C)CC[C@H]1C(C)C. The highest BCUT2D eigenvalue weighted by molar-refractivity contribution is 8.14. The number of carbonyl (C=O) groups is 3. The van der Waals surface area contributed by atoms with Gasteiger partial charge in [-0.2, -0.15) is 0 Å². The Morgan fingerprint density at radius 3 is 1.72 bits per heavy atom. The van der Waals surface area contributed by atoms with Crippen molar-refractivity contribution in [2.45, 2.75) is 111 Å². The van der Waals surface area contributed by atoms with Gasteiger partial charge in [0.1, 0.15) is 17.5 Å². The average Bonchev–Trinajstić information content (AvgIpc) is 2.66. The Labute approximate surface area is 199 Å². The number of hydrogen-bond donors (Lipinski definition) is 0. The molecule has 5 nitrogen and oxygen atoms in total. The quantitative estimate of drug-likeness (QED) is 0.405. The Morgan fingerprint density at radius 2 is 1.28 bits per heavy atom. The summed E-state index contributed by atoms with van der Waals surface area (Å²) >= 11 is 0.890. The van der Waals surface area contributed by atoms with E-state index < -0.39 is 17.2 Å². The summed E-state index contributed by atoms with van der Waals surface area (Å²) in [4.78, 5) is 37.8. The van der Waals surface area contributed by atoms with Crippen LogP contribution < -0.4 is 0 Å². The number of hydrogen-bond acceptors (Lipinski definition) is 6. The smallest absolute Gasteiger partial charge is 0.320 e. The van der Waals surface area contributed by atoms with Crippen LogP contribution in [0.15, 0.2) is 0 Å². The molecule has 32 heavy (non-hydrogen) atoms. The van der Waals surface area contributed by atoms with Crippen molar-refractivity contribution in [3.8, 4) is 0 Å². The summed E-state index contributed by atoms with van der Waals surface area (Å²) in [6.07, 6.45) is 5.71. The number of ether oxygens (including phenoxy) is 2. The predicted octanol–water partition coefficient (Wildman–Crippen LogP) is 6.03. The molecular weight excluding hydrogens is 424 g/mol. The van der Waals surface area contributed by atoms with Crippen LogP contribution in [0.25, 0.3) is 0 Å². The molecule has 7 atom stereocenters. The third-order valence-electron chi connectivity index (χ3n) is 7.40. The summed E-state index contributed by atoms with van der Waals surface area (Å²) in [7, 11) is 0. The van der Waals surface area contributed by atoms with Gasteiger partial charge in [-0.1, -0.05) is 66.1 Å². The van der Waals surface area contributed by atoms with E-state index in [1.54, 1.807) is 0 Å². The van der Waals surface area contributed by atoms with Gasteiger partial charge in [0.05, 0.1) is 6.42 Å². The number of rotatable bonds is 8. The van der Waals surface area contributed by atoms with Gasteiger partial charge in [-0.15, -0.1) is 0 Å². The molecule has 2 rings (SSSR count). The molecule has 0 aromatic carbocycles. The lowest BCUT2D eigenvalue weighted by Crippen LogP contribution is -2.39. The largest absolute Gasteiger partial charge is 0.462 e. The summed E-state index contributed by atoms with van der Waals surface area (Å²) in [5, 5.41) is -1.04. The van der Waals surface area contributed by atoms with Gasteiger partial charge in [-0.25, -0.2) is 0 Å². The van der Waals surface area contributed by atoms with Crippen LogP contribution in [0.4, 0.5) is 0 Å². The molecule has 0 N–H and O–H groups in total. The van der Waals surface area contributed by atoms with Gasteiger partial charge in [0.25, 0.3) is 0 Å². The van der Waals surface area contributed by atoms with E-state index >= 15 is 0 Å². The monoisotopic (exact) mass is 468 g/mol. The molecule has 0 bridgehead atoms. The highest BCUT2D eigenvalue weighted by Crippen LogP contribution is 2.37. The first-order valence-corrected chi connectivity index (χ1v) is 13.4. The second-order valence-corrected chi connectivity index (χ2v) is 12.3. The molecule has 0 amide bonds. The van der Waals surface area contributed by atoms with Crippen molar-refractivity contribution < 1.29 is 23.9 Å². The molecular formula is C26H44O5S. The van der Waals surface area contributed by atoms with Gasteiger partial charge < -0.3 is 9.47 Å². The zero-order chi connectivity index (χ0) is 24.0. The fourth-order valence-electron chi connectivity index (χ4n) is 5.47. The van der Waals surface area contributed by atoms with E-state index in [-0.39, 0.29) is 23.7 Å². The average molecular weight is 469 g/mol. The predicted molar refractivity (Wildman–Crippen MR) is 129 cm³/mol. The maximum absolute atomic E-state index is 13.1. The van der Waals surface area contributed by atoms with Crippen molar-refractivity contribution in [2.24, 2.45) is 35.5 Å². The van der Waals surface area contributed by atoms with E-state index in [0.29, 0.717) is 35.5 Å². The van der Waals surface area contributed by atoms with Crippen LogP contribution in [0.5, 0.6) is 0 Å². The van der Waals surface area contributed by atoms with E-state index in [1.165, 1.54) is 6.92 Å². The number of esters is 2. The van der Waals surface area contributed by atoms with Crippen LogP contribution in [0.1, 0.15) is 93.4 Å². The van der Waals surface area contributed by atoms with E-state index in [4.69, 9.17) is 9.47 Å². The first-order chi connectivity index (χ1) is 15.0. The highest BCUT2D eigenvalue weighted by Gasteiger charge is 2.38. The van der Waals surface area contributed by atoms with Gasteiger partial charge in [-0.3, -0.25) is 14.4 Å². The lowest BCUT2D eigenvalue weighted by Gasteiger charge is -2.37. The van der Waals surface area contributed by atoms with Gasteiger partial charge >= 0.3 is 11.9 Å². The van der Waals surface area contributed by atoms with Crippen LogP contribution >= 0.6 is 11.8 Å². The van der Waals surface area contributed by atoms with Crippen LogP contribution in [0, 0.1) is 35.5 Å². The molecule has 0 spiro atoms. The first-order valence-electron chi connectivity index (χ1n) is 12.5. The zero-order valence-electron chi connectivity index (χ0n) is 21.1. The number of carbonyl (C=O) groups excluding carboxylic acids is 3. The Balaban J connectivity index is 2.04. The molecule has 184 valence electrons. The maximum atomic E-state index is 13.1. The van der Waals surface area contributed by atoms with E-state index in [0.717, 1.165) is 50.3 Å². The molecule has 0 unspecified atom stereocenters. The second-order valence-electron chi connectivity index (χ2n) is 11.0. The lowest BCUT2D eigenvalue weighted by molar-refractivity contribution is -0.162. The van der Waals surface area contributed by atoms with Crippen molar-refractivity contribution >= 4 is 28.8 Å². The molecule has 2 aliphatic rings. The summed E-state index contributed by atoms with van der Waals surface area (Å²) in [6.45, 7) is 14.5. The lowest BCUT2D eigenvalue weighted by atomic mass is 9.75. The Kier molecular flexibility index (Phi) is 10.6. The molecule has 0 aromatic heterocycles. The molecule has 6 heteroatoms. The number of thioether (sulfide) groups is 1. The van der Waals surface area contributed by atoms with Gasteiger partial charge in [0.15, 0.2) is 5.12 Å². The minimum atomic E-state index is -0.844. The van der Waals surface area contributed by atoms with E-state index in [1.807, 2.05) is 0 Å². The Bertz CT molecular complexity index is 646. The van der Waals surface area contributed by atoms with Crippen LogP contribution in [-0.2, 0) is 23.9 Å². The molecule has 0 saturated heterocycles. The summed E-state index contributed by atoms with van der Waals surface area (Å²) < 4.78 is 11.8. The Morgan fingerprint density at radius 1 is 0.812 bits per heavy atom. The topological polar surface area (TPSA) is 69.7 Å². The van der Waals surface area contributed by atoms with Gasteiger partial charge in [0, 0.05) is 6.92 Å². The fraction of sp³-hybridized carbons (Fsp3) is 0.885. The molecule has 0 heterocycles. The van der Waals surface area contributed by atoms with E-state index in [2.05, 4.69) is 41.5 Å². The first kappa shape index (κ1) is 27.2. The van der Waals surface area contributed by atoms with Crippen molar-refractivity contribution in [3.63, 3.8) is 0 Å². The van der Waals surface area contributed by atoms with Gasteiger partial charge in [0.2, 0.25) is 0 Å². The van der Waals surface area contributed by atoms with Crippen molar-refractivity contribution in [1.29, 1.82) is 0 Å². The molecule has 2 aliphatic carbocycles. The molecule has 2 saturated carbocycles. The van der Waals surface area contributed by atoms with Crippen molar-refractivity contribution in [2.75, 3.05) is 0 Å². The third-order valence-corrected chi connectivity index (χ3v) is 8.37. The molecule has 0 aromatic rings. The summed E-state index contributed by atoms with van der Waals surface area (Å²) in [5.41, 5.74) is 0. The highest BCUT2D eigenvalue weighted by atomic mass is 32.2. The van der Waals surface area contributed by atoms with Crippen molar-refractivity contribution in [3.05, 3.63) is 0 Å². The van der Waals surface area contributed by atoms with Crippen molar-refractivity contribution in [1.82, 2.24) is 0 Å². The van der Waals surface area contributed by atoms with Crippen LogP contribution in [0.3, 0.4) is 0 Å². The van der Waals surface area contributed by atoms with Gasteiger partial charge in [-0.05, 0) is 61.2 Å². The third kappa shape index (κ3) is 8.07. The molecule has 0 radical (unpaired) electrons. The second kappa shape index (κ2) is 12.4. The normalized spacial score (nSPS) is 31.9. The molecule has 2 fully saturated rings. The minimum Gasteiger partial charge on any atom is -0.462 e. The minimum absolute atomic E-state index is 0.116.